The van der Waals surface area contributed by atoms with E-state index in [2.05, 4.69) is 11.9 Å². The number of nitrogens with zero attached hydrogens (tertiary/aromatic N) is 3. The first kappa shape index (κ1) is 20.6. The number of hydrogen-bond donors (Lipinski definition) is 1. The average Bonchev–Trinajstić information content (AvgIpc) is 3.21. The van der Waals surface area contributed by atoms with Gasteiger partial charge in [-0.3, -0.25) is 4.79 Å². The van der Waals surface area contributed by atoms with Crippen LogP contribution >= 0.6 is 0 Å². The normalized spacial score (nSPS) is 10.9. The average molecular weight is 398 g/mol. The number of nitriles is 1. The minimum absolute atomic E-state index is 0.00310. The molecule has 150 valence electrons. The topological polar surface area (TPSA) is 79.9 Å². The number of hydrogen-bond acceptors (Lipinski definition) is 4. The molecule has 0 saturated heterocycles. The zero-order valence-corrected chi connectivity index (χ0v) is 16.7. The predicted molar refractivity (Wildman–Crippen MR) is 117 cm³/mol. The highest BCUT2D eigenvalue weighted by atomic mass is 16.5. The summed E-state index contributed by atoms with van der Waals surface area (Å²) in [6, 6.07) is 19.2. The van der Waals surface area contributed by atoms with Gasteiger partial charge in [0.1, 0.15) is 17.4 Å². The number of benzene rings is 2. The van der Waals surface area contributed by atoms with Crippen LogP contribution in [0.25, 0.3) is 23.0 Å². The Balaban J connectivity index is 2.07. The maximum atomic E-state index is 12.3. The molecule has 6 heteroatoms. The molecule has 30 heavy (non-hydrogen) atoms. The molecule has 0 aliphatic carbocycles. The Bertz CT molecular complexity index is 1090. The highest BCUT2D eigenvalue weighted by Gasteiger charge is 2.15. The van der Waals surface area contributed by atoms with Gasteiger partial charge in [-0.1, -0.05) is 24.3 Å². The van der Waals surface area contributed by atoms with Crippen molar-refractivity contribution in [2.75, 3.05) is 13.2 Å². The van der Waals surface area contributed by atoms with Gasteiger partial charge in [-0.2, -0.15) is 10.4 Å². The van der Waals surface area contributed by atoms with Crippen molar-refractivity contribution in [3.8, 4) is 28.8 Å². The maximum absolute atomic E-state index is 12.3. The van der Waals surface area contributed by atoms with Crippen LogP contribution in [0.1, 0.15) is 12.5 Å². The summed E-state index contributed by atoms with van der Waals surface area (Å²) in [5.74, 6) is 0.310. The van der Waals surface area contributed by atoms with Crippen molar-refractivity contribution < 1.29 is 9.53 Å². The zero-order chi connectivity index (χ0) is 21.3. The van der Waals surface area contributed by atoms with Gasteiger partial charge in [0.25, 0.3) is 5.91 Å². The van der Waals surface area contributed by atoms with Gasteiger partial charge < -0.3 is 10.1 Å². The molecule has 0 saturated carbocycles. The summed E-state index contributed by atoms with van der Waals surface area (Å²) in [5, 5.41) is 16.8. The lowest BCUT2D eigenvalue weighted by molar-refractivity contribution is -0.116. The molecular formula is C24H22N4O2. The lowest BCUT2D eigenvalue weighted by atomic mass is 10.1. The second-order valence-corrected chi connectivity index (χ2v) is 6.34. The Kier molecular flexibility index (Phi) is 6.80. The molecule has 0 aliphatic rings. The SMILES string of the molecule is C=CCNC(=O)C(C#N)=Cc1cn(-c2ccccc2)nc1-c1ccc(OCC)cc1. The number of carbonyl (C=O) groups excluding carboxylic acids is 1. The van der Waals surface area contributed by atoms with E-state index < -0.39 is 5.91 Å². The minimum Gasteiger partial charge on any atom is -0.494 e. The number of aromatic nitrogens is 2. The lowest BCUT2D eigenvalue weighted by Crippen LogP contribution is -2.24. The van der Waals surface area contributed by atoms with E-state index in [1.165, 1.54) is 0 Å². The molecule has 0 bridgehead atoms. The largest absolute Gasteiger partial charge is 0.494 e. The molecule has 0 aliphatic heterocycles. The first-order valence-electron chi connectivity index (χ1n) is 9.55. The van der Waals surface area contributed by atoms with E-state index in [4.69, 9.17) is 9.84 Å². The summed E-state index contributed by atoms with van der Waals surface area (Å²) in [6.07, 6.45) is 4.92. The molecule has 1 amide bonds. The van der Waals surface area contributed by atoms with Gasteiger partial charge in [0, 0.05) is 23.9 Å². The first-order chi connectivity index (χ1) is 14.7. The molecule has 1 aromatic heterocycles. The van der Waals surface area contributed by atoms with Crippen LogP contribution in [0.15, 0.2) is 79.0 Å². The van der Waals surface area contributed by atoms with E-state index in [0.717, 1.165) is 17.0 Å². The molecule has 0 fully saturated rings. The fraction of sp³-hybridized carbons (Fsp3) is 0.125. The molecule has 0 spiro atoms. The Hall–Kier alpha value is -4.11. The van der Waals surface area contributed by atoms with Crippen molar-refractivity contribution in [2.24, 2.45) is 0 Å². The Labute approximate surface area is 175 Å². The molecule has 6 nitrogen and oxygen atoms in total. The van der Waals surface area contributed by atoms with E-state index in [9.17, 15) is 10.1 Å². The molecular weight excluding hydrogens is 376 g/mol. The number of para-hydroxylation sites is 1. The third-order valence-corrected chi connectivity index (χ3v) is 4.27. The summed E-state index contributed by atoms with van der Waals surface area (Å²) in [4.78, 5) is 12.3. The van der Waals surface area contributed by atoms with E-state index in [1.807, 2.05) is 67.6 Å². The smallest absolute Gasteiger partial charge is 0.262 e. The molecule has 3 rings (SSSR count). The van der Waals surface area contributed by atoms with Crippen LogP contribution in [-0.4, -0.2) is 28.8 Å². The van der Waals surface area contributed by atoms with Crippen LogP contribution in [0.3, 0.4) is 0 Å². The number of ether oxygens (including phenoxy) is 1. The van der Waals surface area contributed by atoms with Crippen molar-refractivity contribution in [2.45, 2.75) is 6.92 Å². The van der Waals surface area contributed by atoms with Crippen molar-refractivity contribution in [1.82, 2.24) is 15.1 Å². The molecule has 2 aromatic carbocycles. The Morgan fingerprint density at radius 3 is 2.60 bits per heavy atom. The minimum atomic E-state index is -0.456. The summed E-state index contributed by atoms with van der Waals surface area (Å²) in [5.41, 5.74) is 3.04. The molecule has 1 N–H and O–H groups in total. The monoisotopic (exact) mass is 398 g/mol. The third kappa shape index (κ3) is 4.83. The highest BCUT2D eigenvalue weighted by molar-refractivity contribution is 6.02. The van der Waals surface area contributed by atoms with Gasteiger partial charge in [0.2, 0.25) is 0 Å². The van der Waals surface area contributed by atoms with Gasteiger partial charge in [-0.15, -0.1) is 6.58 Å². The number of amides is 1. The third-order valence-electron chi connectivity index (χ3n) is 4.27. The van der Waals surface area contributed by atoms with E-state index in [0.29, 0.717) is 17.9 Å². The number of rotatable bonds is 8. The van der Waals surface area contributed by atoms with Crippen LogP contribution in [-0.2, 0) is 4.79 Å². The van der Waals surface area contributed by atoms with Crippen LogP contribution in [0.5, 0.6) is 5.75 Å². The van der Waals surface area contributed by atoms with Crippen molar-refractivity contribution in [1.29, 1.82) is 5.26 Å². The van der Waals surface area contributed by atoms with E-state index in [1.54, 1.807) is 23.0 Å². The quantitative estimate of drug-likeness (QED) is 0.351. The fourth-order valence-corrected chi connectivity index (χ4v) is 2.87. The maximum Gasteiger partial charge on any atom is 0.262 e. The number of carbonyl (C=O) groups is 1. The molecule has 0 atom stereocenters. The molecule has 0 radical (unpaired) electrons. The van der Waals surface area contributed by atoms with Gasteiger partial charge in [-0.25, -0.2) is 4.68 Å². The highest BCUT2D eigenvalue weighted by Crippen LogP contribution is 2.27. The molecule has 0 unspecified atom stereocenters. The van der Waals surface area contributed by atoms with Crippen molar-refractivity contribution >= 4 is 12.0 Å². The van der Waals surface area contributed by atoms with Crippen LogP contribution in [0, 0.1) is 11.3 Å². The standard InChI is InChI=1S/C24H22N4O2/c1-3-14-26-24(29)19(16-25)15-20-17-28(21-8-6-5-7-9-21)27-23(20)18-10-12-22(13-11-18)30-4-2/h3,5-13,15,17H,1,4,14H2,2H3,(H,26,29). The van der Waals surface area contributed by atoms with Gasteiger partial charge in [0.05, 0.1) is 18.0 Å². The fourth-order valence-electron chi connectivity index (χ4n) is 2.87. The van der Waals surface area contributed by atoms with Crippen LogP contribution in [0.2, 0.25) is 0 Å². The summed E-state index contributed by atoms with van der Waals surface area (Å²) >= 11 is 0. The second-order valence-electron chi connectivity index (χ2n) is 6.34. The second kappa shape index (κ2) is 9.89. The zero-order valence-electron chi connectivity index (χ0n) is 16.7. The van der Waals surface area contributed by atoms with Gasteiger partial charge >= 0.3 is 0 Å². The summed E-state index contributed by atoms with van der Waals surface area (Å²) in [7, 11) is 0. The van der Waals surface area contributed by atoms with Gasteiger partial charge in [-0.05, 0) is 49.4 Å². The first-order valence-corrected chi connectivity index (χ1v) is 9.55. The Morgan fingerprint density at radius 1 is 1.23 bits per heavy atom. The van der Waals surface area contributed by atoms with Gasteiger partial charge in [0.15, 0.2) is 0 Å². The summed E-state index contributed by atoms with van der Waals surface area (Å²) < 4.78 is 7.24. The van der Waals surface area contributed by atoms with E-state index in [-0.39, 0.29) is 12.1 Å². The number of nitrogens with one attached hydrogen (secondary N) is 1. The van der Waals surface area contributed by atoms with Crippen LogP contribution < -0.4 is 10.1 Å². The molecule has 3 aromatic rings. The lowest BCUT2D eigenvalue weighted by Gasteiger charge is -2.05. The predicted octanol–water partition coefficient (Wildman–Crippen LogP) is 4.15. The summed E-state index contributed by atoms with van der Waals surface area (Å²) in [6.45, 7) is 6.37. The van der Waals surface area contributed by atoms with Crippen molar-refractivity contribution in [3.05, 3.63) is 84.6 Å². The van der Waals surface area contributed by atoms with Crippen LogP contribution in [0.4, 0.5) is 0 Å². The molecule has 1 heterocycles. The van der Waals surface area contributed by atoms with Crippen molar-refractivity contribution in [3.63, 3.8) is 0 Å². The van der Waals surface area contributed by atoms with E-state index >= 15 is 0 Å². The Morgan fingerprint density at radius 2 is 1.97 bits per heavy atom.